The van der Waals surface area contributed by atoms with Crippen LogP contribution in [0.25, 0.3) is 0 Å². The van der Waals surface area contributed by atoms with Gasteiger partial charge in [-0.05, 0) is 105 Å². The zero-order chi connectivity index (χ0) is 50.6. The van der Waals surface area contributed by atoms with Crippen molar-refractivity contribution in [2.24, 2.45) is 0 Å². The van der Waals surface area contributed by atoms with E-state index in [1.165, 1.54) is 29.5 Å². The van der Waals surface area contributed by atoms with Crippen LogP contribution < -0.4 is 29.5 Å². The lowest BCUT2D eigenvalue weighted by atomic mass is 9.94. The molecule has 1 N–H and O–H groups in total. The minimum atomic E-state index is -1.26. The zero-order valence-electron chi connectivity index (χ0n) is 40.8. The molecule has 4 amide bonds. The maximum atomic E-state index is 15.1. The molecule has 6 aromatic rings. The first kappa shape index (κ1) is 49.5. The first-order chi connectivity index (χ1) is 35.4. The Morgan fingerprint density at radius 1 is 0.836 bits per heavy atom. The summed E-state index contributed by atoms with van der Waals surface area (Å²) in [5, 5.41) is 5.76. The highest BCUT2D eigenvalue weighted by atomic mass is 32.2. The number of hydrogen-bond acceptors (Lipinski definition) is 13. The Morgan fingerprint density at radius 2 is 1.49 bits per heavy atom. The molecule has 16 nitrogen and oxygen atoms in total. The van der Waals surface area contributed by atoms with Crippen molar-refractivity contribution in [2.75, 3.05) is 74.3 Å². The Labute approximate surface area is 426 Å². The molecule has 10 rings (SSSR count). The van der Waals surface area contributed by atoms with E-state index >= 15 is 4.39 Å². The SMILES string of the molecule is CC(C)N1C(=O)N(c2ccc(N3CCN(c4ccc(OC[C@H]5OC[C@](Cn6cncn6)(c6ccc(F)cc6F)O5)cc4)CC3)cc2)C(c2ccccc2)C1N(C)CCOc1ccc(CC2SC(=O)NC2=O)cc1. The van der Waals surface area contributed by atoms with Crippen molar-refractivity contribution in [3.8, 4) is 11.5 Å². The van der Waals surface area contributed by atoms with Crippen LogP contribution in [0.1, 0.15) is 36.6 Å². The van der Waals surface area contributed by atoms with Crippen LogP contribution >= 0.6 is 11.8 Å². The van der Waals surface area contributed by atoms with Gasteiger partial charge in [-0.25, -0.2) is 23.2 Å². The number of aromatic nitrogens is 3. The minimum Gasteiger partial charge on any atom is -0.492 e. The second-order valence-electron chi connectivity index (χ2n) is 18.8. The average Bonchev–Trinajstić information content (AvgIpc) is 4.20. The summed E-state index contributed by atoms with van der Waals surface area (Å²) >= 11 is 1.02. The molecular formula is C54H57F2N9O7S. The number of hydrogen-bond donors (Lipinski definition) is 1. The number of nitrogens with one attached hydrogen (secondary N) is 1. The van der Waals surface area contributed by atoms with Crippen LogP contribution in [0.5, 0.6) is 11.5 Å². The predicted molar refractivity (Wildman–Crippen MR) is 273 cm³/mol. The van der Waals surface area contributed by atoms with Gasteiger partial charge in [-0.2, -0.15) is 5.10 Å². The van der Waals surface area contributed by atoms with Gasteiger partial charge in [0.1, 0.15) is 60.8 Å². The van der Waals surface area contributed by atoms with Gasteiger partial charge in [-0.3, -0.25) is 24.7 Å². The molecule has 5 heterocycles. The third-order valence-corrected chi connectivity index (χ3v) is 14.8. The summed E-state index contributed by atoms with van der Waals surface area (Å²) in [6, 6.07) is 36.9. The van der Waals surface area contributed by atoms with E-state index < -0.39 is 28.8 Å². The van der Waals surface area contributed by atoms with Crippen molar-refractivity contribution in [2.45, 2.75) is 62.2 Å². The maximum Gasteiger partial charge on any atom is 0.326 e. The number of benzene rings is 5. The molecule has 4 aliphatic heterocycles. The van der Waals surface area contributed by atoms with Gasteiger partial charge < -0.3 is 33.6 Å². The lowest BCUT2D eigenvalue weighted by Gasteiger charge is -2.38. The highest BCUT2D eigenvalue weighted by Gasteiger charge is 2.50. The molecule has 73 heavy (non-hydrogen) atoms. The molecule has 1 aromatic heterocycles. The number of likely N-dealkylation sites (N-methyl/N-ethyl adjacent to an activating group) is 1. The fraction of sp³-hybridized carbons (Fsp3) is 0.352. The number of halogens is 2. The van der Waals surface area contributed by atoms with E-state index in [1.54, 1.807) is 0 Å². The second kappa shape index (κ2) is 21.6. The molecule has 4 aliphatic rings. The topological polar surface area (TPSA) is 147 Å². The van der Waals surface area contributed by atoms with Crippen LogP contribution in [-0.4, -0.2) is 125 Å². The summed E-state index contributed by atoms with van der Waals surface area (Å²) in [4.78, 5) is 53.1. The molecule has 19 heteroatoms. The average molecular weight is 1010 g/mol. The highest BCUT2D eigenvalue weighted by Crippen LogP contribution is 2.42. The van der Waals surface area contributed by atoms with Crippen molar-refractivity contribution < 1.29 is 42.1 Å². The normalized spacial score (nSPS) is 22.3. The number of ether oxygens (including phenoxy) is 4. The number of carbonyl (C=O) groups excluding carboxylic acids is 3. The van der Waals surface area contributed by atoms with Gasteiger partial charge in [0.15, 0.2) is 6.29 Å². The molecule has 4 fully saturated rings. The van der Waals surface area contributed by atoms with Crippen molar-refractivity contribution in [1.29, 1.82) is 0 Å². The van der Waals surface area contributed by atoms with Crippen molar-refractivity contribution in [3.05, 3.63) is 162 Å². The van der Waals surface area contributed by atoms with E-state index in [9.17, 15) is 18.8 Å². The van der Waals surface area contributed by atoms with Crippen molar-refractivity contribution >= 4 is 46.0 Å². The Morgan fingerprint density at radius 3 is 2.12 bits per heavy atom. The van der Waals surface area contributed by atoms with E-state index in [4.69, 9.17) is 18.9 Å². The van der Waals surface area contributed by atoms with Gasteiger partial charge in [0.25, 0.3) is 5.24 Å². The van der Waals surface area contributed by atoms with Crippen LogP contribution in [0.15, 0.2) is 134 Å². The van der Waals surface area contributed by atoms with E-state index in [1.807, 2.05) is 83.6 Å². The Bertz CT molecular complexity index is 2860. The minimum absolute atomic E-state index is 0.00969. The van der Waals surface area contributed by atoms with Crippen molar-refractivity contribution in [3.63, 3.8) is 0 Å². The molecule has 3 unspecified atom stereocenters. The van der Waals surface area contributed by atoms with Gasteiger partial charge in [0, 0.05) is 67.5 Å². The van der Waals surface area contributed by atoms with Crippen LogP contribution in [-0.2, 0) is 32.8 Å². The Kier molecular flexibility index (Phi) is 14.6. The van der Waals surface area contributed by atoms with Crippen LogP contribution in [0.4, 0.5) is 35.4 Å². The van der Waals surface area contributed by atoms with Crippen LogP contribution in [0, 0.1) is 11.6 Å². The number of carbonyl (C=O) groups is 3. The largest absolute Gasteiger partial charge is 0.492 e. The first-order valence-electron chi connectivity index (χ1n) is 24.4. The van der Waals surface area contributed by atoms with Gasteiger partial charge in [-0.15, -0.1) is 0 Å². The molecule has 0 bridgehead atoms. The zero-order valence-corrected chi connectivity index (χ0v) is 41.6. The molecule has 4 saturated heterocycles. The monoisotopic (exact) mass is 1010 g/mol. The molecule has 380 valence electrons. The fourth-order valence-electron chi connectivity index (χ4n) is 10.1. The van der Waals surface area contributed by atoms with E-state index in [0.29, 0.717) is 31.1 Å². The lowest BCUT2D eigenvalue weighted by molar-refractivity contribution is -0.119. The number of piperazine rings is 1. The molecule has 0 aliphatic carbocycles. The van der Waals surface area contributed by atoms with Crippen LogP contribution in [0.3, 0.4) is 0 Å². The number of nitrogens with zero attached hydrogens (tertiary/aromatic N) is 8. The molecule has 5 aromatic carbocycles. The van der Waals surface area contributed by atoms with Gasteiger partial charge >= 0.3 is 6.03 Å². The summed E-state index contributed by atoms with van der Waals surface area (Å²) in [6.07, 6.45) is 2.24. The molecule has 0 spiro atoms. The fourth-order valence-corrected chi connectivity index (χ4v) is 11.0. The predicted octanol–water partition coefficient (Wildman–Crippen LogP) is 7.85. The third kappa shape index (κ3) is 10.9. The molecule has 0 saturated carbocycles. The summed E-state index contributed by atoms with van der Waals surface area (Å²) < 4.78 is 55.0. The number of amides is 4. The smallest absolute Gasteiger partial charge is 0.326 e. The number of urea groups is 1. The maximum absolute atomic E-state index is 15.1. The molecular weight excluding hydrogens is 957 g/mol. The van der Waals surface area contributed by atoms with Gasteiger partial charge in [0.2, 0.25) is 5.91 Å². The standard InChI is InChI=1S/C54H57F2N9O7S/c1-36(2)64-51(60(3)27-28-69-43-18-9-37(10-19-43)29-47-50(66)59-52(67)73-47)49(38-7-5-4-6-8-38)65(53(64)68)42-14-12-40(13-15-42)61-23-25-62(26-24-61)41-16-20-44(21-17-41)70-31-48-71-33-54(72-48,32-63-35-57-34-58-63)45-22-11-39(55)30-46(45)56/h4-22,30,34-36,47-49,51H,23-29,31-33H2,1-3H3,(H,59,66,67)/t47?,48-,49?,51?,54+/m0/s1. The van der Waals surface area contributed by atoms with Gasteiger partial charge in [0.05, 0.1) is 24.4 Å². The Balaban J connectivity index is 0.743. The van der Waals surface area contributed by atoms with Crippen molar-refractivity contribution in [1.82, 2.24) is 29.9 Å². The van der Waals surface area contributed by atoms with Gasteiger partial charge in [-0.1, -0.05) is 60.3 Å². The summed E-state index contributed by atoms with van der Waals surface area (Å²) in [7, 11) is 2.04. The highest BCUT2D eigenvalue weighted by molar-refractivity contribution is 8.15. The summed E-state index contributed by atoms with van der Waals surface area (Å²) in [5.74, 6) is -0.358. The van der Waals surface area contributed by atoms with E-state index in [0.717, 1.165) is 72.2 Å². The number of thioether (sulfide) groups is 1. The van der Waals surface area contributed by atoms with E-state index in [-0.39, 0.29) is 60.7 Å². The third-order valence-electron chi connectivity index (χ3n) is 13.8. The van der Waals surface area contributed by atoms with Crippen LogP contribution in [0.2, 0.25) is 0 Å². The molecule has 0 radical (unpaired) electrons. The Hall–Kier alpha value is -7.06. The number of anilines is 3. The summed E-state index contributed by atoms with van der Waals surface area (Å²) in [5.41, 5.74) is 3.84. The number of rotatable bonds is 18. The molecule has 5 atom stereocenters. The second-order valence-corrected chi connectivity index (χ2v) is 20.0. The quantitative estimate of drug-likeness (QED) is 0.0893. The summed E-state index contributed by atoms with van der Waals surface area (Å²) in [6.45, 7) is 8.41. The van der Waals surface area contributed by atoms with E-state index in [2.05, 4.69) is 80.3 Å². The lowest BCUT2D eigenvalue weighted by Crippen LogP contribution is -2.50. The number of imide groups is 1. The first-order valence-corrected chi connectivity index (χ1v) is 25.3.